The van der Waals surface area contributed by atoms with E-state index in [0.29, 0.717) is 50.1 Å². The molecule has 0 aliphatic rings. The molecule has 0 fully saturated rings. The SMILES string of the molecule is [2H]C([2H])([2H])S(=O)C([2H])([2H])C([2H])([2H])NCc1ccc(-c2ccc3ncnc(Nc4ccc(OCc5cccc(F)c5)c(Cl)c4)c3c2)o1. The largest absolute Gasteiger partial charge is 0.487 e. The van der Waals surface area contributed by atoms with E-state index in [9.17, 15) is 8.60 Å². The van der Waals surface area contributed by atoms with Gasteiger partial charge >= 0.3 is 0 Å². The highest BCUT2D eigenvalue weighted by molar-refractivity contribution is 7.84. The molecule has 10 heteroatoms. The second kappa shape index (κ2) is 12.4. The van der Waals surface area contributed by atoms with Crippen LogP contribution >= 0.6 is 11.6 Å². The second-order valence-electron chi connectivity index (χ2n) is 8.26. The Bertz CT molecular complexity index is 1910. The fourth-order valence-electron chi connectivity index (χ4n) is 3.77. The summed E-state index contributed by atoms with van der Waals surface area (Å²) in [5.41, 5.74) is -0.663. The van der Waals surface area contributed by atoms with E-state index in [1.165, 1.54) is 18.5 Å². The van der Waals surface area contributed by atoms with Crippen LogP contribution in [0.3, 0.4) is 0 Å². The molecule has 39 heavy (non-hydrogen) atoms. The van der Waals surface area contributed by atoms with Crippen molar-refractivity contribution in [3.63, 3.8) is 0 Å². The number of hydrogen-bond donors (Lipinski definition) is 2. The van der Waals surface area contributed by atoms with Crippen LogP contribution < -0.4 is 15.4 Å². The Morgan fingerprint density at radius 2 is 2.05 bits per heavy atom. The van der Waals surface area contributed by atoms with Crippen molar-refractivity contribution in [3.05, 3.63) is 101 Å². The zero-order chi connectivity index (χ0) is 33.3. The third-order valence-electron chi connectivity index (χ3n) is 5.55. The number of rotatable bonds is 11. The van der Waals surface area contributed by atoms with Crippen molar-refractivity contribution < 1.29 is 27.3 Å². The molecular weight excluding hydrogens is 539 g/mol. The lowest BCUT2D eigenvalue weighted by atomic mass is 10.1. The van der Waals surface area contributed by atoms with E-state index in [2.05, 4.69) is 20.6 Å². The van der Waals surface area contributed by atoms with Gasteiger partial charge in [-0.2, -0.15) is 0 Å². The summed E-state index contributed by atoms with van der Waals surface area (Å²) in [5.74, 6) is 1.18. The lowest BCUT2D eigenvalue weighted by molar-refractivity contribution is 0.306. The van der Waals surface area contributed by atoms with Crippen LogP contribution in [-0.2, 0) is 24.0 Å². The molecule has 0 saturated heterocycles. The van der Waals surface area contributed by atoms with Crippen molar-refractivity contribution in [3.8, 4) is 17.1 Å². The van der Waals surface area contributed by atoms with Gasteiger partial charge in [0.05, 0.1) is 17.1 Å². The molecule has 1 atom stereocenters. The van der Waals surface area contributed by atoms with Crippen LogP contribution in [0.25, 0.3) is 22.2 Å². The van der Waals surface area contributed by atoms with Gasteiger partial charge in [-0.3, -0.25) is 4.21 Å². The fourth-order valence-corrected chi connectivity index (χ4v) is 4.17. The molecule has 2 aromatic heterocycles. The summed E-state index contributed by atoms with van der Waals surface area (Å²) in [6, 6.07) is 19.7. The highest BCUT2D eigenvalue weighted by Gasteiger charge is 2.11. The topological polar surface area (TPSA) is 89.3 Å². The Kier molecular flexibility index (Phi) is 6.12. The van der Waals surface area contributed by atoms with Gasteiger partial charge in [-0.15, -0.1) is 0 Å². The van der Waals surface area contributed by atoms with E-state index in [-0.39, 0.29) is 24.7 Å². The van der Waals surface area contributed by atoms with Crippen molar-refractivity contribution in [2.75, 3.05) is 23.7 Å². The van der Waals surface area contributed by atoms with E-state index in [1.54, 1.807) is 60.7 Å². The molecule has 0 spiro atoms. The van der Waals surface area contributed by atoms with Crippen molar-refractivity contribution >= 4 is 44.8 Å². The van der Waals surface area contributed by atoms with Gasteiger partial charge in [-0.05, 0) is 66.2 Å². The van der Waals surface area contributed by atoms with E-state index in [1.807, 2.05) is 0 Å². The molecule has 2 heterocycles. The number of aromatic nitrogens is 2. The summed E-state index contributed by atoms with van der Waals surface area (Å²) in [7, 11) is -3.12. The Hall–Kier alpha value is -3.79. The molecule has 0 aliphatic heterocycles. The number of fused-ring (bicyclic) bond motifs is 1. The molecule has 1 unspecified atom stereocenters. The average molecular weight is 572 g/mol. The predicted molar refractivity (Wildman–Crippen MR) is 153 cm³/mol. The van der Waals surface area contributed by atoms with Gasteiger partial charge in [-0.1, -0.05) is 23.7 Å². The first-order chi connectivity index (χ1) is 21.6. The number of anilines is 2. The van der Waals surface area contributed by atoms with Gasteiger partial charge in [0, 0.05) is 55.4 Å². The van der Waals surface area contributed by atoms with E-state index >= 15 is 0 Å². The van der Waals surface area contributed by atoms with Crippen molar-refractivity contribution in [2.45, 2.75) is 13.2 Å². The number of benzene rings is 3. The molecule has 0 amide bonds. The van der Waals surface area contributed by atoms with Crippen LogP contribution in [0.5, 0.6) is 5.75 Å². The number of nitrogens with zero attached hydrogens (tertiary/aromatic N) is 2. The zero-order valence-corrected chi connectivity index (χ0v) is 21.8. The fraction of sp³-hybridized carbons (Fsp3) is 0.172. The second-order valence-corrected chi connectivity index (χ2v) is 9.41. The molecule has 7 nitrogen and oxygen atoms in total. The Morgan fingerprint density at radius 1 is 1.13 bits per heavy atom. The predicted octanol–water partition coefficient (Wildman–Crippen LogP) is 6.47. The molecule has 0 bridgehead atoms. The lowest BCUT2D eigenvalue weighted by Crippen LogP contribution is -2.19. The van der Waals surface area contributed by atoms with Crippen molar-refractivity contribution in [1.29, 1.82) is 0 Å². The van der Waals surface area contributed by atoms with E-state index in [0.717, 1.165) is 0 Å². The smallest absolute Gasteiger partial charge is 0.141 e. The lowest BCUT2D eigenvalue weighted by Gasteiger charge is -2.12. The first kappa shape index (κ1) is 19.3. The number of hydrogen-bond acceptors (Lipinski definition) is 7. The van der Waals surface area contributed by atoms with Crippen LogP contribution in [0.4, 0.5) is 15.9 Å². The Morgan fingerprint density at radius 3 is 2.90 bits per heavy atom. The molecule has 200 valence electrons. The number of nitrogens with one attached hydrogen (secondary N) is 2. The highest BCUT2D eigenvalue weighted by atomic mass is 35.5. The molecule has 2 N–H and O–H groups in total. The normalized spacial score (nSPS) is 15.7. The van der Waals surface area contributed by atoms with Crippen molar-refractivity contribution in [1.82, 2.24) is 15.3 Å². The minimum absolute atomic E-state index is 0.141. The third-order valence-corrected chi connectivity index (χ3v) is 6.14. The average Bonchev–Trinajstić information content (AvgIpc) is 3.48. The quantitative estimate of drug-likeness (QED) is 0.188. The summed E-state index contributed by atoms with van der Waals surface area (Å²) in [6.07, 6.45) is -1.79. The van der Waals surface area contributed by atoms with E-state index < -0.39 is 29.2 Å². The van der Waals surface area contributed by atoms with Crippen LogP contribution in [-0.4, -0.2) is 32.6 Å². The monoisotopic (exact) mass is 571 g/mol. The number of furan rings is 1. The van der Waals surface area contributed by atoms with Crippen LogP contribution in [0.1, 0.15) is 20.9 Å². The molecule has 5 rings (SSSR count). The highest BCUT2D eigenvalue weighted by Crippen LogP contribution is 2.32. The zero-order valence-electron chi connectivity index (χ0n) is 27.2. The minimum atomic E-state index is -3.21. The molecule has 0 saturated carbocycles. The van der Waals surface area contributed by atoms with Gasteiger partial charge in [0.2, 0.25) is 0 Å². The summed E-state index contributed by atoms with van der Waals surface area (Å²) in [6.45, 7) is -3.12. The summed E-state index contributed by atoms with van der Waals surface area (Å²) >= 11 is 6.46. The summed E-state index contributed by atoms with van der Waals surface area (Å²) in [5, 5.41) is 6.49. The maximum absolute atomic E-state index is 13.5. The minimum Gasteiger partial charge on any atom is -0.487 e. The number of ether oxygens (including phenoxy) is 1. The third kappa shape index (κ3) is 7.00. The van der Waals surface area contributed by atoms with Crippen LogP contribution in [0.2, 0.25) is 5.02 Å². The first-order valence-electron chi connectivity index (χ1n) is 15.1. The molecular formula is C29H26ClFN4O3S. The molecule has 3 aromatic carbocycles. The molecule has 5 aromatic rings. The van der Waals surface area contributed by atoms with Gasteiger partial charge in [-0.25, -0.2) is 14.4 Å². The van der Waals surface area contributed by atoms with Crippen LogP contribution in [0, 0.1) is 5.82 Å². The van der Waals surface area contributed by atoms with Crippen LogP contribution in [0.15, 0.2) is 83.5 Å². The Labute approximate surface area is 242 Å². The van der Waals surface area contributed by atoms with Gasteiger partial charge in [0.1, 0.15) is 41.8 Å². The summed E-state index contributed by atoms with van der Waals surface area (Å²) in [4.78, 5) is 8.69. The number of halogens is 2. The Balaban J connectivity index is 1.30. The van der Waals surface area contributed by atoms with E-state index in [4.69, 9.17) is 30.4 Å². The van der Waals surface area contributed by atoms with Gasteiger partial charge < -0.3 is 19.8 Å². The molecule has 0 aliphatic carbocycles. The standard InChI is InChI=1S/C29H26ClFN4O3S/c1-39(36)12-11-32-16-23-7-10-27(38-23)20-5-8-26-24(14-20)29(34-18-33-26)35-22-6-9-28(25(30)15-22)37-17-19-3-2-4-21(31)13-19/h2-10,13-15,18,32H,11-12,16-17H2,1H3,(H,33,34,35)/i1D3,11D2,12D2. The van der Waals surface area contributed by atoms with Gasteiger partial charge in [0.25, 0.3) is 0 Å². The molecule has 0 radical (unpaired) electrons. The summed E-state index contributed by atoms with van der Waals surface area (Å²) < 4.78 is 90.6. The maximum Gasteiger partial charge on any atom is 0.141 e. The van der Waals surface area contributed by atoms with Crippen molar-refractivity contribution in [2.24, 2.45) is 0 Å². The maximum atomic E-state index is 13.5. The first-order valence-corrected chi connectivity index (χ1v) is 13.1. The van der Waals surface area contributed by atoms with Gasteiger partial charge in [0.15, 0.2) is 0 Å².